The Bertz CT molecular complexity index is 1380. The summed E-state index contributed by atoms with van der Waals surface area (Å²) >= 11 is 1.12. The van der Waals surface area contributed by atoms with E-state index in [1.165, 1.54) is 25.2 Å². The molecular formula is C19H15FN4O4S2. The predicted octanol–water partition coefficient (Wildman–Crippen LogP) is 3.22. The number of benzene rings is 2. The summed E-state index contributed by atoms with van der Waals surface area (Å²) in [6.45, 7) is 1.72. The molecule has 0 N–H and O–H groups in total. The summed E-state index contributed by atoms with van der Waals surface area (Å²) in [7, 11) is -2.43. The van der Waals surface area contributed by atoms with Gasteiger partial charge in [0.25, 0.3) is 20.8 Å². The summed E-state index contributed by atoms with van der Waals surface area (Å²) in [4.78, 5) is 16.6. The van der Waals surface area contributed by atoms with Crippen molar-refractivity contribution in [2.45, 2.75) is 11.8 Å². The Labute approximate surface area is 174 Å². The maximum atomic E-state index is 13.1. The van der Waals surface area contributed by atoms with Crippen molar-refractivity contribution < 1.29 is 17.5 Å². The minimum absolute atomic E-state index is 0.0190. The van der Waals surface area contributed by atoms with E-state index in [2.05, 4.69) is 10.1 Å². The van der Waals surface area contributed by atoms with Crippen LogP contribution in [-0.2, 0) is 10.0 Å². The largest absolute Gasteiger partial charge is 0.430 e. The Morgan fingerprint density at radius 1 is 1.10 bits per heavy atom. The van der Waals surface area contributed by atoms with Crippen LogP contribution in [0.2, 0.25) is 0 Å². The Morgan fingerprint density at radius 3 is 2.43 bits per heavy atom. The normalized spacial score (nSPS) is 11.6. The van der Waals surface area contributed by atoms with Gasteiger partial charge < -0.3 is 4.74 Å². The molecule has 2 aromatic carbocycles. The van der Waals surface area contributed by atoms with Crippen molar-refractivity contribution in [3.8, 4) is 10.9 Å². The average Bonchev–Trinajstić information content (AvgIpc) is 3.11. The van der Waals surface area contributed by atoms with E-state index >= 15 is 0 Å². The van der Waals surface area contributed by atoms with Crippen molar-refractivity contribution in [2.75, 3.05) is 11.4 Å². The van der Waals surface area contributed by atoms with Crippen LogP contribution in [0, 0.1) is 12.7 Å². The standard InChI is InChI=1S/C19H15FN4O4S2/c1-12-11-17(25)24-18(21-12)29-19(22-24)28-15-7-5-14(6-8-15)23(2)30(26,27)16-9-3-13(20)4-10-16/h3-11H,1-2H3. The topological polar surface area (TPSA) is 93.9 Å². The van der Waals surface area contributed by atoms with Gasteiger partial charge in [0.1, 0.15) is 11.6 Å². The lowest BCUT2D eigenvalue weighted by molar-refractivity contribution is 0.469. The first kappa shape index (κ1) is 20.0. The molecule has 0 radical (unpaired) electrons. The maximum absolute atomic E-state index is 13.1. The van der Waals surface area contributed by atoms with Crippen LogP contribution in [0.4, 0.5) is 10.1 Å². The van der Waals surface area contributed by atoms with Crippen LogP contribution in [0.1, 0.15) is 5.69 Å². The first-order chi connectivity index (χ1) is 14.2. The van der Waals surface area contributed by atoms with Gasteiger partial charge in [-0.1, -0.05) is 0 Å². The second kappa shape index (κ2) is 7.50. The molecule has 0 atom stereocenters. The second-order valence-corrected chi connectivity index (χ2v) is 9.21. The molecule has 0 fully saturated rings. The van der Waals surface area contributed by atoms with Crippen LogP contribution in [0.25, 0.3) is 4.96 Å². The zero-order chi connectivity index (χ0) is 21.5. The Balaban J connectivity index is 1.56. The molecule has 30 heavy (non-hydrogen) atoms. The fourth-order valence-electron chi connectivity index (χ4n) is 2.67. The third-order valence-electron chi connectivity index (χ3n) is 4.23. The molecule has 2 heterocycles. The molecule has 0 unspecified atom stereocenters. The molecule has 4 rings (SSSR count). The van der Waals surface area contributed by atoms with Gasteiger partial charge in [-0.2, -0.15) is 4.52 Å². The highest BCUT2D eigenvalue weighted by Gasteiger charge is 2.21. The summed E-state index contributed by atoms with van der Waals surface area (Å²) < 4.78 is 46.4. The molecule has 4 aromatic rings. The van der Waals surface area contributed by atoms with Crippen LogP contribution < -0.4 is 14.6 Å². The van der Waals surface area contributed by atoms with Gasteiger partial charge in [-0.3, -0.25) is 9.10 Å². The first-order valence-corrected chi connectivity index (χ1v) is 10.9. The quantitative estimate of drug-likeness (QED) is 0.467. The van der Waals surface area contributed by atoms with Gasteiger partial charge in [-0.15, -0.1) is 5.10 Å². The lowest BCUT2D eigenvalue weighted by Crippen LogP contribution is -2.26. The third-order valence-corrected chi connectivity index (χ3v) is 6.82. The van der Waals surface area contributed by atoms with Crippen molar-refractivity contribution in [3.05, 3.63) is 76.5 Å². The zero-order valence-corrected chi connectivity index (χ0v) is 17.4. The summed E-state index contributed by atoms with van der Waals surface area (Å²) in [5.74, 6) is -0.101. The lowest BCUT2D eigenvalue weighted by Gasteiger charge is -2.19. The Hall–Kier alpha value is -3.31. The number of rotatable bonds is 5. The van der Waals surface area contributed by atoms with E-state index in [1.54, 1.807) is 31.2 Å². The van der Waals surface area contributed by atoms with E-state index in [-0.39, 0.29) is 15.6 Å². The number of nitrogens with zero attached hydrogens (tertiary/aromatic N) is 4. The number of aryl methyl sites for hydroxylation is 1. The number of hydrogen-bond donors (Lipinski definition) is 0. The second-order valence-electron chi connectivity index (χ2n) is 6.32. The highest BCUT2D eigenvalue weighted by atomic mass is 32.2. The minimum atomic E-state index is -3.84. The van der Waals surface area contributed by atoms with Gasteiger partial charge in [0.15, 0.2) is 0 Å². The van der Waals surface area contributed by atoms with Crippen LogP contribution in [0.3, 0.4) is 0 Å². The van der Waals surface area contributed by atoms with E-state index in [0.717, 1.165) is 32.3 Å². The van der Waals surface area contributed by atoms with Crippen molar-refractivity contribution in [1.82, 2.24) is 14.6 Å². The maximum Gasteiger partial charge on any atom is 0.299 e. The Morgan fingerprint density at radius 2 is 1.77 bits per heavy atom. The minimum Gasteiger partial charge on any atom is -0.430 e. The first-order valence-electron chi connectivity index (χ1n) is 8.64. The monoisotopic (exact) mass is 446 g/mol. The molecule has 0 aliphatic rings. The number of anilines is 1. The van der Waals surface area contributed by atoms with E-state index in [9.17, 15) is 17.6 Å². The number of ether oxygens (including phenoxy) is 1. The van der Waals surface area contributed by atoms with Gasteiger partial charge in [0, 0.05) is 18.8 Å². The molecule has 0 aliphatic carbocycles. The van der Waals surface area contributed by atoms with Crippen molar-refractivity contribution >= 4 is 32.0 Å². The number of fused-ring (bicyclic) bond motifs is 1. The van der Waals surface area contributed by atoms with Gasteiger partial charge in [0.2, 0.25) is 4.96 Å². The van der Waals surface area contributed by atoms with Crippen LogP contribution >= 0.6 is 11.3 Å². The summed E-state index contributed by atoms with van der Waals surface area (Å²) in [5, 5.41) is 4.32. The molecule has 0 bridgehead atoms. The predicted molar refractivity (Wildman–Crippen MR) is 110 cm³/mol. The van der Waals surface area contributed by atoms with Gasteiger partial charge >= 0.3 is 0 Å². The van der Waals surface area contributed by atoms with Gasteiger partial charge in [-0.25, -0.2) is 17.8 Å². The lowest BCUT2D eigenvalue weighted by atomic mass is 10.3. The highest BCUT2D eigenvalue weighted by molar-refractivity contribution is 7.92. The number of aromatic nitrogens is 3. The summed E-state index contributed by atoms with van der Waals surface area (Å²) in [5.41, 5.74) is 0.681. The van der Waals surface area contributed by atoms with Gasteiger partial charge in [-0.05, 0) is 66.8 Å². The molecule has 2 aromatic heterocycles. The molecule has 8 nitrogen and oxygen atoms in total. The molecule has 0 amide bonds. The summed E-state index contributed by atoms with van der Waals surface area (Å²) in [6.07, 6.45) is 0. The SMILES string of the molecule is Cc1cc(=O)n2nc(Oc3ccc(N(C)S(=O)(=O)c4ccc(F)cc4)cc3)sc2n1. The number of hydrogen-bond acceptors (Lipinski definition) is 7. The van der Waals surface area contributed by atoms with Gasteiger partial charge in [0.05, 0.1) is 10.6 Å². The highest BCUT2D eigenvalue weighted by Crippen LogP contribution is 2.29. The zero-order valence-electron chi connectivity index (χ0n) is 15.8. The van der Waals surface area contributed by atoms with Crippen LogP contribution in [0.15, 0.2) is 64.3 Å². The molecule has 154 valence electrons. The average molecular weight is 446 g/mol. The summed E-state index contributed by atoms with van der Waals surface area (Å²) in [6, 6.07) is 12.3. The molecular weight excluding hydrogens is 431 g/mol. The van der Waals surface area contributed by atoms with E-state index < -0.39 is 15.8 Å². The van der Waals surface area contributed by atoms with Crippen molar-refractivity contribution in [3.63, 3.8) is 0 Å². The molecule has 0 aliphatic heterocycles. The van der Waals surface area contributed by atoms with E-state index in [0.29, 0.717) is 22.1 Å². The van der Waals surface area contributed by atoms with E-state index in [4.69, 9.17) is 4.74 Å². The van der Waals surface area contributed by atoms with Crippen LogP contribution in [0.5, 0.6) is 10.9 Å². The molecule has 0 spiro atoms. The molecule has 0 saturated heterocycles. The molecule has 0 saturated carbocycles. The van der Waals surface area contributed by atoms with Crippen molar-refractivity contribution in [1.29, 1.82) is 0 Å². The smallest absolute Gasteiger partial charge is 0.299 e. The third kappa shape index (κ3) is 3.76. The van der Waals surface area contributed by atoms with Crippen molar-refractivity contribution in [2.24, 2.45) is 0 Å². The number of halogens is 1. The van der Waals surface area contributed by atoms with E-state index in [1.807, 2.05) is 0 Å². The Kier molecular flexibility index (Phi) is 5.00. The number of sulfonamides is 1. The van der Waals surface area contributed by atoms with Crippen LogP contribution in [-0.4, -0.2) is 30.1 Å². The molecule has 11 heteroatoms. The fraction of sp³-hybridized carbons (Fsp3) is 0.105. The fourth-order valence-corrected chi connectivity index (χ4v) is 4.69.